The van der Waals surface area contributed by atoms with Gasteiger partial charge in [0.05, 0.1) is 0 Å². The van der Waals surface area contributed by atoms with Crippen molar-refractivity contribution in [2.75, 3.05) is 5.73 Å². The first-order valence-corrected chi connectivity index (χ1v) is 3.36. The lowest BCUT2D eigenvalue weighted by Gasteiger charge is -2.03. The summed E-state index contributed by atoms with van der Waals surface area (Å²) < 4.78 is 0. The highest BCUT2D eigenvalue weighted by atomic mass is 16.4. The number of aryl methyl sites for hydroxylation is 1. The first kappa shape index (κ1) is 8.45. The molecular weight excluding hydrogens is 158 g/mol. The van der Waals surface area contributed by atoms with Gasteiger partial charge in [-0.1, -0.05) is 0 Å². The lowest BCUT2D eigenvalue weighted by Crippen LogP contribution is -2.09. The number of hydrogen-bond acceptors (Lipinski definition) is 4. The van der Waals surface area contributed by atoms with E-state index in [1.165, 1.54) is 0 Å². The van der Waals surface area contributed by atoms with Gasteiger partial charge in [-0.15, -0.1) is 0 Å². The van der Waals surface area contributed by atoms with E-state index in [-0.39, 0.29) is 11.6 Å². The van der Waals surface area contributed by atoms with Gasteiger partial charge >= 0.3 is 5.97 Å². The molecule has 12 heavy (non-hydrogen) atoms. The molecule has 1 rings (SSSR count). The van der Waals surface area contributed by atoms with E-state index in [0.29, 0.717) is 11.3 Å². The van der Waals surface area contributed by atoms with Crippen LogP contribution in [0.4, 0.5) is 5.95 Å². The number of carboxylic acid groups (broad SMARTS) is 1. The summed E-state index contributed by atoms with van der Waals surface area (Å²) in [6.45, 7) is 3.35. The van der Waals surface area contributed by atoms with Crippen LogP contribution in [-0.4, -0.2) is 21.0 Å². The molecule has 0 unspecified atom stereocenters. The van der Waals surface area contributed by atoms with Crippen molar-refractivity contribution in [3.8, 4) is 0 Å². The number of anilines is 1. The van der Waals surface area contributed by atoms with Gasteiger partial charge in [-0.05, 0) is 13.8 Å². The summed E-state index contributed by atoms with van der Waals surface area (Å²) in [6.07, 6.45) is 0. The molecule has 0 bridgehead atoms. The normalized spacial score (nSPS) is 9.83. The molecule has 1 heterocycles. The molecule has 0 aliphatic carbocycles. The Balaban J connectivity index is 3.37. The summed E-state index contributed by atoms with van der Waals surface area (Å²) in [5.41, 5.74) is 6.40. The monoisotopic (exact) mass is 167 g/mol. The fraction of sp³-hybridized carbons (Fsp3) is 0.286. The van der Waals surface area contributed by atoms with Crippen LogP contribution in [-0.2, 0) is 0 Å². The van der Waals surface area contributed by atoms with Crippen LogP contribution < -0.4 is 5.73 Å². The van der Waals surface area contributed by atoms with Gasteiger partial charge in [0.25, 0.3) is 0 Å². The Morgan fingerprint density at radius 3 is 2.50 bits per heavy atom. The highest BCUT2D eigenvalue weighted by Gasteiger charge is 2.12. The molecule has 5 nitrogen and oxygen atoms in total. The van der Waals surface area contributed by atoms with Crippen LogP contribution in [0.2, 0.25) is 0 Å². The largest absolute Gasteiger partial charge is 0.476 e. The zero-order valence-corrected chi connectivity index (χ0v) is 6.83. The third kappa shape index (κ3) is 1.34. The number of nitrogen functional groups attached to an aromatic ring is 1. The molecule has 3 N–H and O–H groups in total. The molecule has 0 aliphatic rings. The number of hydrogen-bond donors (Lipinski definition) is 2. The summed E-state index contributed by atoms with van der Waals surface area (Å²) in [7, 11) is 0. The van der Waals surface area contributed by atoms with Gasteiger partial charge < -0.3 is 10.8 Å². The standard InChI is InChI=1S/C7H9N3O2/c1-3-4(2)9-7(8)10-5(3)6(11)12/h1-2H3,(H,11,12)(H2,8,9,10). The molecule has 0 saturated carbocycles. The van der Waals surface area contributed by atoms with E-state index in [2.05, 4.69) is 9.97 Å². The zero-order valence-electron chi connectivity index (χ0n) is 6.83. The summed E-state index contributed by atoms with van der Waals surface area (Å²) >= 11 is 0. The Morgan fingerprint density at radius 1 is 1.42 bits per heavy atom. The average Bonchev–Trinajstić information content (AvgIpc) is 1.96. The minimum atomic E-state index is -1.08. The predicted molar refractivity (Wildman–Crippen MR) is 42.9 cm³/mol. The molecule has 0 radical (unpaired) electrons. The van der Waals surface area contributed by atoms with Crippen LogP contribution in [0.15, 0.2) is 0 Å². The summed E-state index contributed by atoms with van der Waals surface area (Å²) in [6, 6.07) is 0. The Hall–Kier alpha value is -1.65. The highest BCUT2D eigenvalue weighted by molar-refractivity contribution is 5.87. The number of nitrogens with two attached hydrogens (primary N) is 1. The van der Waals surface area contributed by atoms with Gasteiger partial charge in [0, 0.05) is 11.3 Å². The van der Waals surface area contributed by atoms with Crippen molar-refractivity contribution in [3.05, 3.63) is 17.0 Å². The second-order valence-electron chi connectivity index (χ2n) is 2.45. The van der Waals surface area contributed by atoms with Crippen molar-refractivity contribution < 1.29 is 9.90 Å². The number of aromatic nitrogens is 2. The van der Waals surface area contributed by atoms with E-state index in [1.54, 1.807) is 13.8 Å². The van der Waals surface area contributed by atoms with Crippen molar-refractivity contribution in [3.63, 3.8) is 0 Å². The van der Waals surface area contributed by atoms with Gasteiger partial charge in [0.2, 0.25) is 5.95 Å². The molecule has 5 heteroatoms. The molecule has 0 atom stereocenters. The quantitative estimate of drug-likeness (QED) is 0.630. The first-order valence-electron chi connectivity index (χ1n) is 3.36. The Labute approximate surface area is 69.3 Å². The second kappa shape index (κ2) is 2.77. The molecule has 0 saturated heterocycles. The molecule has 0 spiro atoms. The summed E-state index contributed by atoms with van der Waals surface area (Å²) in [4.78, 5) is 18.0. The van der Waals surface area contributed by atoms with Crippen LogP contribution in [0.3, 0.4) is 0 Å². The lowest BCUT2D eigenvalue weighted by atomic mass is 10.2. The van der Waals surface area contributed by atoms with E-state index in [9.17, 15) is 4.79 Å². The van der Waals surface area contributed by atoms with Crippen LogP contribution in [0.25, 0.3) is 0 Å². The molecule has 0 aliphatic heterocycles. The molecule has 0 amide bonds. The molecule has 0 fully saturated rings. The first-order chi connectivity index (χ1) is 5.52. The number of aromatic carboxylic acids is 1. The maximum absolute atomic E-state index is 10.6. The number of carbonyl (C=O) groups is 1. The number of rotatable bonds is 1. The van der Waals surface area contributed by atoms with E-state index >= 15 is 0 Å². The third-order valence-electron chi connectivity index (χ3n) is 1.61. The van der Waals surface area contributed by atoms with Gasteiger partial charge in [-0.2, -0.15) is 0 Å². The minimum Gasteiger partial charge on any atom is -0.476 e. The van der Waals surface area contributed by atoms with E-state index in [0.717, 1.165) is 0 Å². The molecule has 0 aromatic carbocycles. The molecule has 64 valence electrons. The Kier molecular flexibility index (Phi) is 1.95. The smallest absolute Gasteiger partial charge is 0.354 e. The average molecular weight is 167 g/mol. The van der Waals surface area contributed by atoms with Crippen molar-refractivity contribution in [1.82, 2.24) is 9.97 Å². The lowest BCUT2D eigenvalue weighted by molar-refractivity contribution is 0.0689. The van der Waals surface area contributed by atoms with Crippen LogP contribution in [0.1, 0.15) is 21.7 Å². The topological polar surface area (TPSA) is 89.1 Å². The minimum absolute atomic E-state index is 0.00417. The number of nitrogens with zero attached hydrogens (tertiary/aromatic N) is 2. The fourth-order valence-electron chi connectivity index (χ4n) is 0.859. The summed E-state index contributed by atoms with van der Waals surface area (Å²) in [5.74, 6) is -1.08. The van der Waals surface area contributed by atoms with E-state index in [4.69, 9.17) is 10.8 Å². The van der Waals surface area contributed by atoms with E-state index in [1.807, 2.05) is 0 Å². The molecular formula is C7H9N3O2. The second-order valence-corrected chi connectivity index (χ2v) is 2.45. The summed E-state index contributed by atoms with van der Waals surface area (Å²) in [5, 5.41) is 8.67. The van der Waals surface area contributed by atoms with Crippen molar-refractivity contribution in [2.24, 2.45) is 0 Å². The number of carboxylic acids is 1. The van der Waals surface area contributed by atoms with Gasteiger partial charge in [0.1, 0.15) is 0 Å². The molecule has 1 aromatic heterocycles. The zero-order chi connectivity index (χ0) is 9.30. The Bertz CT molecular complexity index is 336. The Morgan fingerprint density at radius 2 is 2.00 bits per heavy atom. The van der Waals surface area contributed by atoms with E-state index < -0.39 is 5.97 Å². The molecule has 1 aromatic rings. The van der Waals surface area contributed by atoms with Crippen molar-refractivity contribution in [1.29, 1.82) is 0 Å². The van der Waals surface area contributed by atoms with Gasteiger partial charge in [0.15, 0.2) is 5.69 Å². The van der Waals surface area contributed by atoms with Crippen LogP contribution in [0.5, 0.6) is 0 Å². The third-order valence-corrected chi connectivity index (χ3v) is 1.61. The highest BCUT2D eigenvalue weighted by Crippen LogP contribution is 2.09. The fourth-order valence-corrected chi connectivity index (χ4v) is 0.859. The SMILES string of the molecule is Cc1nc(N)nc(C(=O)O)c1C. The predicted octanol–water partition coefficient (Wildman–Crippen LogP) is 0.374. The maximum atomic E-state index is 10.6. The van der Waals surface area contributed by atoms with Crippen LogP contribution >= 0.6 is 0 Å². The van der Waals surface area contributed by atoms with Crippen LogP contribution in [0, 0.1) is 13.8 Å². The van der Waals surface area contributed by atoms with Gasteiger partial charge in [-0.25, -0.2) is 14.8 Å². The van der Waals surface area contributed by atoms with Crippen molar-refractivity contribution >= 4 is 11.9 Å². The van der Waals surface area contributed by atoms with Gasteiger partial charge in [-0.3, -0.25) is 0 Å². The van der Waals surface area contributed by atoms with Crippen molar-refractivity contribution in [2.45, 2.75) is 13.8 Å². The maximum Gasteiger partial charge on any atom is 0.354 e.